The van der Waals surface area contributed by atoms with E-state index in [2.05, 4.69) is 4.98 Å². The van der Waals surface area contributed by atoms with Gasteiger partial charge in [-0.3, -0.25) is 9.59 Å². The molecule has 0 aromatic carbocycles. The molecule has 18 heavy (non-hydrogen) atoms. The van der Waals surface area contributed by atoms with E-state index < -0.39 is 11.8 Å². The highest BCUT2D eigenvalue weighted by Crippen LogP contribution is 2.20. The molecule has 7 heteroatoms. The van der Waals surface area contributed by atoms with Gasteiger partial charge >= 0.3 is 0 Å². The van der Waals surface area contributed by atoms with E-state index in [-0.39, 0.29) is 28.3 Å². The Hall–Kier alpha value is -1.33. The van der Waals surface area contributed by atoms with Crippen LogP contribution in [0.2, 0.25) is 10.2 Å². The average Bonchev–Trinajstić information content (AvgIpc) is 2.27. The van der Waals surface area contributed by atoms with E-state index in [4.69, 9.17) is 28.9 Å². The van der Waals surface area contributed by atoms with Crippen molar-refractivity contribution in [2.45, 2.75) is 19.9 Å². The van der Waals surface area contributed by atoms with E-state index in [0.29, 0.717) is 0 Å². The number of primary amides is 1. The second-order valence-electron chi connectivity index (χ2n) is 3.98. The molecule has 98 valence electrons. The first-order valence-corrected chi connectivity index (χ1v) is 5.98. The Balaban J connectivity index is 3.09. The highest BCUT2D eigenvalue weighted by atomic mass is 35.5. The van der Waals surface area contributed by atoms with Crippen LogP contribution in [0.25, 0.3) is 0 Å². The minimum Gasteiger partial charge on any atom is -0.368 e. The summed E-state index contributed by atoms with van der Waals surface area (Å²) in [6, 6.07) is 1.18. The molecule has 2 N–H and O–H groups in total. The average molecular weight is 290 g/mol. The molecule has 0 spiro atoms. The van der Waals surface area contributed by atoms with Gasteiger partial charge in [-0.15, -0.1) is 0 Å². The summed E-state index contributed by atoms with van der Waals surface area (Å²) in [5.74, 6) is -0.994. The van der Waals surface area contributed by atoms with Crippen molar-refractivity contribution in [1.29, 1.82) is 0 Å². The van der Waals surface area contributed by atoms with E-state index in [1.165, 1.54) is 17.2 Å². The summed E-state index contributed by atoms with van der Waals surface area (Å²) in [4.78, 5) is 28.3. The molecule has 1 aromatic heterocycles. The molecule has 2 amide bonds. The number of hydrogen-bond acceptors (Lipinski definition) is 3. The van der Waals surface area contributed by atoms with Gasteiger partial charge in [0.25, 0.3) is 5.91 Å². The van der Waals surface area contributed by atoms with Gasteiger partial charge in [-0.2, -0.15) is 0 Å². The van der Waals surface area contributed by atoms with Gasteiger partial charge in [0.05, 0.1) is 17.1 Å². The number of rotatable bonds is 4. The summed E-state index contributed by atoms with van der Waals surface area (Å²) < 4.78 is 0. The molecule has 0 aliphatic heterocycles. The lowest BCUT2D eigenvalue weighted by molar-refractivity contribution is -0.119. The summed E-state index contributed by atoms with van der Waals surface area (Å²) in [6.07, 6.45) is 1.29. The first kappa shape index (κ1) is 14.7. The van der Waals surface area contributed by atoms with E-state index in [1.54, 1.807) is 13.8 Å². The number of hydrogen-bond donors (Lipinski definition) is 1. The summed E-state index contributed by atoms with van der Waals surface area (Å²) in [7, 11) is 0. The number of aromatic nitrogens is 1. The number of nitrogens with zero attached hydrogens (tertiary/aromatic N) is 2. The van der Waals surface area contributed by atoms with Crippen molar-refractivity contribution in [2.75, 3.05) is 6.54 Å². The topological polar surface area (TPSA) is 76.3 Å². The number of pyridine rings is 1. The molecule has 5 nitrogen and oxygen atoms in total. The van der Waals surface area contributed by atoms with Gasteiger partial charge in [-0.25, -0.2) is 4.98 Å². The lowest BCUT2D eigenvalue weighted by Crippen LogP contribution is -2.42. The highest BCUT2D eigenvalue weighted by molar-refractivity contribution is 6.35. The third-order valence-electron chi connectivity index (χ3n) is 2.26. The third-order valence-corrected chi connectivity index (χ3v) is 2.77. The molecule has 1 aromatic rings. The molecule has 0 bridgehead atoms. The third kappa shape index (κ3) is 3.58. The largest absolute Gasteiger partial charge is 0.368 e. The molecule has 0 radical (unpaired) electrons. The molecule has 0 saturated heterocycles. The second-order valence-corrected chi connectivity index (χ2v) is 4.77. The van der Waals surface area contributed by atoms with Gasteiger partial charge in [0.2, 0.25) is 5.91 Å². The lowest BCUT2D eigenvalue weighted by Gasteiger charge is -2.25. The Labute approximate surface area is 115 Å². The number of carbonyl (C=O) groups is 2. The number of halogens is 2. The Morgan fingerprint density at radius 3 is 2.56 bits per heavy atom. The second kappa shape index (κ2) is 6.02. The van der Waals surface area contributed by atoms with Crippen molar-refractivity contribution in [3.05, 3.63) is 28.0 Å². The predicted molar refractivity (Wildman–Crippen MR) is 69.6 cm³/mol. The Morgan fingerprint density at radius 1 is 1.44 bits per heavy atom. The van der Waals surface area contributed by atoms with E-state index >= 15 is 0 Å². The minimum absolute atomic E-state index is 0.158. The van der Waals surface area contributed by atoms with Crippen LogP contribution in [-0.2, 0) is 4.79 Å². The molecule has 0 unspecified atom stereocenters. The van der Waals surface area contributed by atoms with Crippen LogP contribution < -0.4 is 5.73 Å². The molecule has 0 fully saturated rings. The van der Waals surface area contributed by atoms with E-state index in [0.717, 1.165) is 0 Å². The molecular weight excluding hydrogens is 277 g/mol. The Kier molecular flexibility index (Phi) is 4.93. The zero-order valence-electron chi connectivity index (χ0n) is 9.98. The number of nitrogens with two attached hydrogens (primary N) is 1. The molecular formula is C11H13Cl2N3O2. The van der Waals surface area contributed by atoms with Crippen LogP contribution in [0.15, 0.2) is 12.3 Å². The SMILES string of the molecule is CC(C)N(CC(N)=O)C(=O)c1cc(Cl)ncc1Cl. The number of amides is 2. The van der Waals surface area contributed by atoms with Gasteiger partial charge in [0.1, 0.15) is 5.15 Å². The predicted octanol–water partition coefficient (Wildman–Crippen LogP) is 1.72. The fraction of sp³-hybridized carbons (Fsp3) is 0.364. The maximum Gasteiger partial charge on any atom is 0.256 e. The first-order valence-electron chi connectivity index (χ1n) is 5.23. The molecule has 1 rings (SSSR count). The van der Waals surface area contributed by atoms with Gasteiger partial charge < -0.3 is 10.6 Å². The van der Waals surface area contributed by atoms with Gasteiger partial charge in [0.15, 0.2) is 0 Å². The van der Waals surface area contributed by atoms with Crippen LogP contribution in [0.4, 0.5) is 0 Å². The fourth-order valence-corrected chi connectivity index (χ4v) is 1.73. The normalized spacial score (nSPS) is 10.5. The van der Waals surface area contributed by atoms with Gasteiger partial charge in [0, 0.05) is 12.2 Å². The van der Waals surface area contributed by atoms with Crippen LogP contribution in [-0.4, -0.2) is 34.3 Å². The lowest BCUT2D eigenvalue weighted by atomic mass is 10.2. The Morgan fingerprint density at radius 2 is 2.06 bits per heavy atom. The van der Waals surface area contributed by atoms with E-state index in [1.807, 2.05) is 0 Å². The summed E-state index contributed by atoms with van der Waals surface area (Å²) in [5.41, 5.74) is 5.31. The van der Waals surface area contributed by atoms with Crippen LogP contribution in [0.3, 0.4) is 0 Å². The maximum absolute atomic E-state index is 12.2. The molecule has 0 aliphatic carbocycles. The zero-order valence-corrected chi connectivity index (χ0v) is 11.5. The summed E-state index contributed by atoms with van der Waals surface area (Å²) in [5, 5.41) is 0.338. The van der Waals surface area contributed by atoms with Crippen molar-refractivity contribution in [3.63, 3.8) is 0 Å². The monoisotopic (exact) mass is 289 g/mol. The van der Waals surface area contributed by atoms with Crippen molar-refractivity contribution in [2.24, 2.45) is 5.73 Å². The number of carbonyl (C=O) groups excluding carboxylic acids is 2. The van der Waals surface area contributed by atoms with Crippen molar-refractivity contribution < 1.29 is 9.59 Å². The molecule has 0 aliphatic rings. The summed E-state index contributed by atoms with van der Waals surface area (Å²) >= 11 is 11.6. The van der Waals surface area contributed by atoms with Crippen LogP contribution >= 0.6 is 23.2 Å². The van der Waals surface area contributed by atoms with E-state index in [9.17, 15) is 9.59 Å². The van der Waals surface area contributed by atoms with Crippen molar-refractivity contribution in [3.8, 4) is 0 Å². The smallest absolute Gasteiger partial charge is 0.256 e. The van der Waals surface area contributed by atoms with Crippen LogP contribution in [0.1, 0.15) is 24.2 Å². The van der Waals surface area contributed by atoms with Gasteiger partial charge in [-0.1, -0.05) is 23.2 Å². The molecule has 0 saturated carbocycles. The molecule has 0 atom stereocenters. The van der Waals surface area contributed by atoms with Crippen LogP contribution in [0, 0.1) is 0 Å². The minimum atomic E-state index is -0.590. The maximum atomic E-state index is 12.2. The van der Waals surface area contributed by atoms with Gasteiger partial charge in [-0.05, 0) is 19.9 Å². The summed E-state index contributed by atoms with van der Waals surface area (Å²) in [6.45, 7) is 3.38. The zero-order chi connectivity index (χ0) is 13.9. The fourth-order valence-electron chi connectivity index (χ4n) is 1.39. The Bertz CT molecular complexity index is 477. The van der Waals surface area contributed by atoms with Crippen LogP contribution in [0.5, 0.6) is 0 Å². The van der Waals surface area contributed by atoms with Crippen molar-refractivity contribution >= 4 is 35.0 Å². The standard InChI is InChI=1S/C11H13Cl2N3O2/c1-6(2)16(5-10(14)17)11(18)7-3-9(13)15-4-8(7)12/h3-4,6H,5H2,1-2H3,(H2,14,17). The first-order chi connectivity index (χ1) is 8.32. The van der Waals surface area contributed by atoms with Crippen molar-refractivity contribution in [1.82, 2.24) is 9.88 Å². The highest BCUT2D eigenvalue weighted by Gasteiger charge is 2.23. The quantitative estimate of drug-likeness (QED) is 0.858. The molecule has 1 heterocycles.